The van der Waals surface area contributed by atoms with E-state index in [2.05, 4.69) is 19.7 Å². The van der Waals surface area contributed by atoms with Gasteiger partial charge in [0.2, 0.25) is 10.0 Å². The largest absolute Gasteiger partial charge is 0.377 e. The van der Waals surface area contributed by atoms with E-state index in [0.29, 0.717) is 19.7 Å². The Bertz CT molecular complexity index is 889. The van der Waals surface area contributed by atoms with Gasteiger partial charge in [0, 0.05) is 45.6 Å². The van der Waals surface area contributed by atoms with Gasteiger partial charge >= 0.3 is 0 Å². The maximum Gasteiger partial charge on any atom is 0.244 e. The van der Waals surface area contributed by atoms with Crippen molar-refractivity contribution < 1.29 is 13.2 Å². The first-order chi connectivity index (χ1) is 13.0. The summed E-state index contributed by atoms with van der Waals surface area (Å²) in [5.41, 5.74) is 0.173. The maximum atomic E-state index is 12.8. The summed E-state index contributed by atoms with van der Waals surface area (Å²) >= 11 is 0. The average molecular weight is 391 g/mol. The summed E-state index contributed by atoms with van der Waals surface area (Å²) in [6.07, 6.45) is 7.70. The van der Waals surface area contributed by atoms with E-state index in [-0.39, 0.29) is 10.3 Å². The van der Waals surface area contributed by atoms with Gasteiger partial charge in [-0.1, -0.05) is 0 Å². The van der Waals surface area contributed by atoms with Gasteiger partial charge in [0.1, 0.15) is 17.3 Å². The molecule has 0 radical (unpaired) electrons. The molecule has 1 saturated heterocycles. The van der Waals surface area contributed by atoms with Crippen LogP contribution in [-0.4, -0.2) is 52.7 Å². The lowest BCUT2D eigenvalue weighted by atomic mass is 9.73. The Morgan fingerprint density at radius 2 is 1.93 bits per heavy atom. The molecule has 8 nitrogen and oxygen atoms in total. The van der Waals surface area contributed by atoms with Crippen molar-refractivity contribution in [2.75, 3.05) is 20.2 Å². The standard InChI is InChI=1S/C18H25N5O3S/c1-26-14-17-21-20-16-4-5-18(8-12-23(16)17)6-10-22(11-7-18)27(24,25)15-3-2-9-19-13-15/h2-3,9,13H,4-8,10-12,14H2,1H3. The number of nitrogens with zero attached hydrogens (tertiary/aromatic N) is 5. The Balaban J connectivity index is 1.45. The number of aryl methyl sites for hydroxylation is 1. The van der Waals surface area contributed by atoms with E-state index in [1.807, 2.05) is 0 Å². The number of hydrogen-bond acceptors (Lipinski definition) is 6. The lowest BCUT2D eigenvalue weighted by Gasteiger charge is -2.40. The van der Waals surface area contributed by atoms with Gasteiger partial charge in [0.05, 0.1) is 0 Å². The number of rotatable bonds is 4. The van der Waals surface area contributed by atoms with Crippen LogP contribution in [0.4, 0.5) is 0 Å². The quantitative estimate of drug-likeness (QED) is 0.787. The molecule has 1 fully saturated rings. The van der Waals surface area contributed by atoms with Crippen LogP contribution in [0, 0.1) is 5.41 Å². The lowest BCUT2D eigenvalue weighted by molar-refractivity contribution is 0.127. The summed E-state index contributed by atoms with van der Waals surface area (Å²) < 4.78 is 34.7. The number of methoxy groups -OCH3 is 1. The number of aromatic nitrogens is 4. The first kappa shape index (κ1) is 18.5. The minimum absolute atomic E-state index is 0.173. The van der Waals surface area contributed by atoms with Gasteiger partial charge in [-0.2, -0.15) is 4.31 Å². The second-order valence-corrected chi connectivity index (χ2v) is 9.40. The van der Waals surface area contributed by atoms with Crippen LogP contribution >= 0.6 is 0 Å². The zero-order valence-corrected chi connectivity index (χ0v) is 16.4. The first-order valence-corrected chi connectivity index (χ1v) is 10.8. The van der Waals surface area contributed by atoms with Crippen molar-refractivity contribution in [3.63, 3.8) is 0 Å². The van der Waals surface area contributed by atoms with Crippen molar-refractivity contribution in [1.82, 2.24) is 24.1 Å². The van der Waals surface area contributed by atoms with Gasteiger partial charge in [-0.15, -0.1) is 10.2 Å². The SMILES string of the molecule is COCc1nnc2n1CCC1(CC2)CCN(S(=O)(=O)c2cccnc2)CC1. The molecule has 1 spiro atoms. The fourth-order valence-electron chi connectivity index (χ4n) is 4.25. The summed E-state index contributed by atoms with van der Waals surface area (Å²) in [7, 11) is -1.79. The van der Waals surface area contributed by atoms with Crippen molar-refractivity contribution in [2.45, 2.75) is 50.2 Å². The molecule has 146 valence electrons. The number of piperidine rings is 1. The molecular weight excluding hydrogens is 366 g/mol. The predicted octanol–water partition coefficient (Wildman–Crippen LogP) is 1.63. The van der Waals surface area contributed by atoms with Gasteiger partial charge in [-0.05, 0) is 43.2 Å². The summed E-state index contributed by atoms with van der Waals surface area (Å²) in [4.78, 5) is 4.23. The minimum atomic E-state index is -3.46. The zero-order chi connectivity index (χ0) is 18.9. The highest BCUT2D eigenvalue weighted by Gasteiger charge is 2.39. The van der Waals surface area contributed by atoms with Crippen LogP contribution in [0.5, 0.6) is 0 Å². The molecule has 4 heterocycles. The zero-order valence-electron chi connectivity index (χ0n) is 15.5. The van der Waals surface area contributed by atoms with E-state index in [1.54, 1.807) is 29.7 Å². The van der Waals surface area contributed by atoms with Gasteiger partial charge in [0.15, 0.2) is 5.82 Å². The fraction of sp³-hybridized carbons (Fsp3) is 0.611. The van der Waals surface area contributed by atoms with Crippen LogP contribution in [0.3, 0.4) is 0 Å². The van der Waals surface area contributed by atoms with Crippen molar-refractivity contribution in [3.05, 3.63) is 36.2 Å². The highest BCUT2D eigenvalue weighted by molar-refractivity contribution is 7.89. The summed E-state index contributed by atoms with van der Waals surface area (Å²) in [6.45, 7) is 2.46. The van der Waals surface area contributed by atoms with E-state index < -0.39 is 10.0 Å². The minimum Gasteiger partial charge on any atom is -0.377 e. The highest BCUT2D eigenvalue weighted by Crippen LogP contribution is 2.42. The van der Waals surface area contributed by atoms with Crippen LogP contribution < -0.4 is 0 Å². The predicted molar refractivity (Wildman–Crippen MR) is 98.3 cm³/mol. The number of fused-ring (bicyclic) bond motifs is 1. The second-order valence-electron chi connectivity index (χ2n) is 7.46. The monoisotopic (exact) mass is 391 g/mol. The third-order valence-corrected chi connectivity index (χ3v) is 7.86. The Kier molecular flexibility index (Phi) is 5.00. The Labute approximate surface area is 159 Å². The number of ether oxygens (including phenoxy) is 1. The van der Waals surface area contributed by atoms with E-state index in [9.17, 15) is 8.42 Å². The van der Waals surface area contributed by atoms with Gasteiger partial charge < -0.3 is 9.30 Å². The molecule has 2 aromatic heterocycles. The fourth-order valence-corrected chi connectivity index (χ4v) is 5.66. The van der Waals surface area contributed by atoms with E-state index in [4.69, 9.17) is 4.74 Å². The molecule has 0 aliphatic carbocycles. The Hall–Kier alpha value is -1.84. The molecule has 2 aliphatic heterocycles. The van der Waals surface area contributed by atoms with Crippen LogP contribution in [0.15, 0.2) is 29.4 Å². The van der Waals surface area contributed by atoms with E-state index in [0.717, 1.165) is 50.3 Å². The molecule has 0 N–H and O–H groups in total. The molecule has 9 heteroatoms. The molecule has 2 aromatic rings. The molecule has 0 atom stereocenters. The Morgan fingerprint density at radius 1 is 1.15 bits per heavy atom. The summed E-state index contributed by atoms with van der Waals surface area (Å²) in [6, 6.07) is 3.28. The number of hydrogen-bond donors (Lipinski definition) is 0. The molecule has 27 heavy (non-hydrogen) atoms. The third kappa shape index (κ3) is 3.51. The van der Waals surface area contributed by atoms with Crippen molar-refractivity contribution in [1.29, 1.82) is 0 Å². The topological polar surface area (TPSA) is 90.2 Å². The molecule has 4 rings (SSSR count). The molecule has 0 aromatic carbocycles. The third-order valence-electron chi connectivity index (χ3n) is 5.98. The van der Waals surface area contributed by atoms with E-state index in [1.165, 1.54) is 6.20 Å². The van der Waals surface area contributed by atoms with Crippen LogP contribution in [0.25, 0.3) is 0 Å². The summed E-state index contributed by atoms with van der Waals surface area (Å²) in [5.74, 6) is 1.89. The summed E-state index contributed by atoms with van der Waals surface area (Å²) in [5, 5.41) is 8.56. The van der Waals surface area contributed by atoms with Crippen molar-refractivity contribution in [2.24, 2.45) is 5.41 Å². The Morgan fingerprint density at radius 3 is 2.63 bits per heavy atom. The molecule has 2 aliphatic rings. The molecule has 0 unspecified atom stereocenters. The highest BCUT2D eigenvalue weighted by atomic mass is 32.2. The smallest absolute Gasteiger partial charge is 0.244 e. The van der Waals surface area contributed by atoms with E-state index >= 15 is 0 Å². The maximum absolute atomic E-state index is 12.8. The second kappa shape index (κ2) is 7.29. The normalized spacial score (nSPS) is 20.3. The first-order valence-electron chi connectivity index (χ1n) is 9.34. The molecular formula is C18H25N5O3S. The van der Waals surface area contributed by atoms with Crippen molar-refractivity contribution >= 4 is 10.0 Å². The van der Waals surface area contributed by atoms with Crippen molar-refractivity contribution in [3.8, 4) is 0 Å². The van der Waals surface area contributed by atoms with Crippen LogP contribution in [0.2, 0.25) is 0 Å². The van der Waals surface area contributed by atoms with Crippen LogP contribution in [-0.2, 0) is 34.3 Å². The van der Waals surface area contributed by atoms with Gasteiger partial charge in [-0.25, -0.2) is 8.42 Å². The molecule has 0 saturated carbocycles. The number of pyridine rings is 1. The average Bonchev–Trinajstić information content (AvgIpc) is 2.99. The van der Waals surface area contributed by atoms with Gasteiger partial charge in [-0.3, -0.25) is 4.98 Å². The van der Waals surface area contributed by atoms with Gasteiger partial charge in [0.25, 0.3) is 0 Å². The lowest BCUT2D eigenvalue weighted by Crippen LogP contribution is -2.43. The molecule has 0 amide bonds. The number of sulfonamides is 1. The van der Waals surface area contributed by atoms with Crippen LogP contribution in [0.1, 0.15) is 37.3 Å². The molecule has 0 bridgehead atoms.